The van der Waals surface area contributed by atoms with Crippen molar-refractivity contribution in [3.63, 3.8) is 0 Å². The molecule has 1 heterocycles. The smallest absolute Gasteiger partial charge is 0.236 e. The zero-order valence-electron chi connectivity index (χ0n) is 16.5. The van der Waals surface area contributed by atoms with Crippen molar-refractivity contribution in [3.05, 3.63) is 30.3 Å². The molecule has 1 aromatic carbocycles. The SMILES string of the molecule is CC(C)C[C@H](N)C(=O)NCC(C)N1CCN(c2ccccc2)CC1.Cl.Cl.Cl. The second-order valence-corrected chi connectivity index (χ2v) is 7.19. The van der Waals surface area contributed by atoms with Gasteiger partial charge < -0.3 is 16.0 Å². The normalized spacial score (nSPS) is 16.4. The highest BCUT2D eigenvalue weighted by Gasteiger charge is 2.22. The van der Waals surface area contributed by atoms with E-state index in [1.54, 1.807) is 0 Å². The van der Waals surface area contributed by atoms with Crippen LogP contribution in [-0.2, 0) is 4.79 Å². The highest BCUT2D eigenvalue weighted by atomic mass is 35.5. The van der Waals surface area contributed by atoms with Crippen LogP contribution >= 0.6 is 37.2 Å². The van der Waals surface area contributed by atoms with Crippen molar-refractivity contribution in [1.82, 2.24) is 10.2 Å². The Morgan fingerprint density at radius 3 is 2.11 bits per heavy atom. The van der Waals surface area contributed by atoms with Gasteiger partial charge in [0.25, 0.3) is 0 Å². The predicted octanol–water partition coefficient (Wildman–Crippen LogP) is 2.95. The minimum atomic E-state index is -0.396. The summed E-state index contributed by atoms with van der Waals surface area (Å²) >= 11 is 0. The Morgan fingerprint density at radius 2 is 1.59 bits per heavy atom. The van der Waals surface area contributed by atoms with E-state index < -0.39 is 6.04 Å². The average molecular weight is 442 g/mol. The van der Waals surface area contributed by atoms with Gasteiger partial charge in [0, 0.05) is 44.5 Å². The summed E-state index contributed by atoms with van der Waals surface area (Å²) in [7, 11) is 0. The third-order valence-corrected chi connectivity index (χ3v) is 4.69. The first-order valence-electron chi connectivity index (χ1n) is 9.04. The van der Waals surface area contributed by atoms with Gasteiger partial charge in [0.2, 0.25) is 5.91 Å². The molecule has 1 fully saturated rings. The van der Waals surface area contributed by atoms with Crippen LogP contribution in [0.5, 0.6) is 0 Å². The average Bonchev–Trinajstić information content (AvgIpc) is 2.59. The Balaban J connectivity index is 0. The number of rotatable bonds is 7. The first-order chi connectivity index (χ1) is 11.5. The molecule has 0 radical (unpaired) electrons. The Morgan fingerprint density at radius 1 is 1.04 bits per heavy atom. The number of nitrogens with zero attached hydrogens (tertiary/aromatic N) is 2. The number of carbonyl (C=O) groups excluding carboxylic acids is 1. The maximum absolute atomic E-state index is 12.0. The lowest BCUT2D eigenvalue weighted by Gasteiger charge is -2.39. The van der Waals surface area contributed by atoms with Crippen molar-refractivity contribution in [2.45, 2.75) is 39.3 Å². The molecule has 1 amide bonds. The first kappa shape index (κ1) is 28.5. The number of nitrogens with two attached hydrogens (primary N) is 1. The van der Waals surface area contributed by atoms with E-state index in [9.17, 15) is 4.79 Å². The molecular formula is C19H35Cl3N4O. The van der Waals surface area contributed by atoms with Crippen molar-refractivity contribution in [3.8, 4) is 0 Å². The number of hydrogen-bond donors (Lipinski definition) is 2. The van der Waals surface area contributed by atoms with Crippen molar-refractivity contribution >= 4 is 48.8 Å². The zero-order valence-corrected chi connectivity index (χ0v) is 18.9. The molecule has 1 saturated heterocycles. The number of hydrogen-bond acceptors (Lipinski definition) is 4. The van der Waals surface area contributed by atoms with Gasteiger partial charge >= 0.3 is 0 Å². The van der Waals surface area contributed by atoms with Crippen molar-refractivity contribution in [2.75, 3.05) is 37.6 Å². The first-order valence-corrected chi connectivity index (χ1v) is 9.04. The molecule has 0 bridgehead atoms. The minimum Gasteiger partial charge on any atom is -0.369 e. The molecule has 8 heteroatoms. The summed E-state index contributed by atoms with van der Waals surface area (Å²) in [5, 5.41) is 3.01. The minimum absolute atomic E-state index is 0. The summed E-state index contributed by atoms with van der Waals surface area (Å²) in [6.07, 6.45) is 0.732. The quantitative estimate of drug-likeness (QED) is 0.683. The maximum Gasteiger partial charge on any atom is 0.236 e. The van der Waals surface area contributed by atoms with Crippen LogP contribution in [0.25, 0.3) is 0 Å². The van der Waals surface area contributed by atoms with Gasteiger partial charge in [-0.1, -0.05) is 32.0 Å². The number of anilines is 1. The van der Waals surface area contributed by atoms with Crippen LogP contribution in [0.2, 0.25) is 0 Å². The molecular weight excluding hydrogens is 407 g/mol. The zero-order chi connectivity index (χ0) is 17.5. The van der Waals surface area contributed by atoms with Crippen LogP contribution in [-0.4, -0.2) is 55.6 Å². The van der Waals surface area contributed by atoms with Gasteiger partial charge in [-0.05, 0) is 31.4 Å². The number of nitrogens with one attached hydrogen (secondary N) is 1. The maximum atomic E-state index is 12.0. The van der Waals surface area contributed by atoms with E-state index in [-0.39, 0.29) is 43.1 Å². The summed E-state index contributed by atoms with van der Waals surface area (Å²) in [6, 6.07) is 10.5. The largest absolute Gasteiger partial charge is 0.369 e. The Bertz CT molecular complexity index is 511. The van der Waals surface area contributed by atoms with Crippen molar-refractivity contribution in [2.24, 2.45) is 11.7 Å². The lowest BCUT2D eigenvalue weighted by atomic mass is 10.0. The Labute approximate surface area is 182 Å². The fourth-order valence-electron chi connectivity index (χ4n) is 3.18. The highest BCUT2D eigenvalue weighted by Crippen LogP contribution is 2.16. The fourth-order valence-corrected chi connectivity index (χ4v) is 3.18. The van der Waals surface area contributed by atoms with Crippen LogP contribution in [0, 0.1) is 5.92 Å². The van der Waals surface area contributed by atoms with E-state index in [2.05, 4.69) is 66.2 Å². The van der Waals surface area contributed by atoms with E-state index in [1.165, 1.54) is 5.69 Å². The van der Waals surface area contributed by atoms with Crippen LogP contribution in [0.4, 0.5) is 5.69 Å². The molecule has 0 spiro atoms. The monoisotopic (exact) mass is 440 g/mol. The fraction of sp³-hybridized carbons (Fsp3) is 0.632. The van der Waals surface area contributed by atoms with Crippen molar-refractivity contribution in [1.29, 1.82) is 0 Å². The Kier molecular flexibility index (Phi) is 15.1. The van der Waals surface area contributed by atoms with Gasteiger partial charge in [-0.25, -0.2) is 0 Å². The second kappa shape index (κ2) is 14.3. The van der Waals surface area contributed by atoms with Gasteiger partial charge in [0.1, 0.15) is 0 Å². The number of carbonyl (C=O) groups is 1. The van der Waals surface area contributed by atoms with Gasteiger partial charge in [-0.3, -0.25) is 9.69 Å². The van der Waals surface area contributed by atoms with Crippen LogP contribution in [0.1, 0.15) is 27.2 Å². The number of halogens is 3. The topological polar surface area (TPSA) is 61.6 Å². The Hall–Kier alpha value is -0.720. The third-order valence-electron chi connectivity index (χ3n) is 4.69. The second-order valence-electron chi connectivity index (χ2n) is 7.19. The van der Waals surface area contributed by atoms with E-state index in [1.807, 2.05) is 0 Å². The summed E-state index contributed by atoms with van der Waals surface area (Å²) < 4.78 is 0. The molecule has 1 aromatic rings. The van der Waals surface area contributed by atoms with E-state index in [0.717, 1.165) is 32.6 Å². The summed E-state index contributed by atoms with van der Waals surface area (Å²) in [5.74, 6) is 0.410. The summed E-state index contributed by atoms with van der Waals surface area (Å²) in [5.41, 5.74) is 7.22. The van der Waals surface area contributed by atoms with E-state index >= 15 is 0 Å². The highest BCUT2D eigenvalue weighted by molar-refractivity contribution is 5.86. The molecule has 3 N–H and O–H groups in total. The molecule has 158 valence electrons. The number of benzene rings is 1. The van der Waals surface area contributed by atoms with Crippen molar-refractivity contribution < 1.29 is 4.79 Å². The molecule has 27 heavy (non-hydrogen) atoms. The number of para-hydroxylation sites is 1. The molecule has 0 aromatic heterocycles. The molecule has 0 saturated carbocycles. The van der Waals surface area contributed by atoms with Crippen LogP contribution in [0.3, 0.4) is 0 Å². The number of piperazine rings is 1. The molecule has 2 rings (SSSR count). The van der Waals surface area contributed by atoms with Gasteiger partial charge in [0.05, 0.1) is 6.04 Å². The van der Waals surface area contributed by atoms with E-state index in [0.29, 0.717) is 18.5 Å². The molecule has 1 unspecified atom stereocenters. The van der Waals surface area contributed by atoms with Crippen LogP contribution < -0.4 is 16.0 Å². The van der Waals surface area contributed by atoms with Crippen LogP contribution in [0.15, 0.2) is 30.3 Å². The summed E-state index contributed by atoms with van der Waals surface area (Å²) in [4.78, 5) is 16.9. The predicted molar refractivity (Wildman–Crippen MR) is 122 cm³/mol. The van der Waals surface area contributed by atoms with Gasteiger partial charge in [-0.2, -0.15) is 0 Å². The summed E-state index contributed by atoms with van der Waals surface area (Å²) in [6.45, 7) is 11.1. The van der Waals surface area contributed by atoms with Gasteiger partial charge in [-0.15, -0.1) is 37.2 Å². The van der Waals surface area contributed by atoms with E-state index in [4.69, 9.17) is 5.73 Å². The molecule has 2 atom stereocenters. The third kappa shape index (κ3) is 9.35. The molecule has 5 nitrogen and oxygen atoms in total. The molecule has 0 aliphatic carbocycles. The van der Waals surface area contributed by atoms with Gasteiger partial charge in [0.15, 0.2) is 0 Å². The molecule has 1 aliphatic heterocycles. The lowest BCUT2D eigenvalue weighted by Crippen LogP contribution is -2.53. The number of amides is 1. The lowest BCUT2D eigenvalue weighted by molar-refractivity contribution is -0.122. The molecule has 1 aliphatic rings. The standard InChI is InChI=1S/C19H32N4O.3ClH/c1-15(2)13-18(20)19(24)21-14-16(3)22-9-11-23(12-10-22)17-7-5-4-6-8-17;;;/h4-8,15-16,18H,9-14,20H2,1-3H3,(H,21,24);3*1H/t16?,18-;;;/m0.../s1.